The Labute approximate surface area is 85.9 Å². The van der Waals surface area contributed by atoms with E-state index in [9.17, 15) is 8.42 Å². The molecule has 1 saturated heterocycles. The van der Waals surface area contributed by atoms with Crippen LogP contribution >= 0.6 is 12.4 Å². The van der Waals surface area contributed by atoms with Crippen LogP contribution in [0.15, 0.2) is 0 Å². The topological polar surface area (TPSA) is 58.2 Å². The zero-order valence-corrected chi connectivity index (χ0v) is 9.38. The molecule has 0 aliphatic carbocycles. The molecule has 0 radical (unpaired) electrons. The lowest BCUT2D eigenvalue weighted by Crippen LogP contribution is -2.37. The number of nitrogens with one attached hydrogen (secondary N) is 2. The predicted octanol–water partition coefficient (Wildman–Crippen LogP) is 0.0995. The van der Waals surface area contributed by atoms with Crippen molar-refractivity contribution in [2.24, 2.45) is 0 Å². The molecular weight excluding hydrogens is 212 g/mol. The highest BCUT2D eigenvalue weighted by Gasteiger charge is 2.19. The van der Waals surface area contributed by atoms with Crippen molar-refractivity contribution in [3.8, 4) is 0 Å². The van der Waals surface area contributed by atoms with Crippen LogP contribution in [-0.4, -0.2) is 33.3 Å². The second kappa shape index (κ2) is 5.80. The van der Waals surface area contributed by atoms with Crippen molar-refractivity contribution in [2.75, 3.05) is 18.8 Å². The minimum absolute atomic E-state index is 0. The number of hydrogen-bond acceptors (Lipinski definition) is 3. The van der Waals surface area contributed by atoms with Crippen molar-refractivity contribution in [3.05, 3.63) is 0 Å². The maximum Gasteiger partial charge on any atom is 0.211 e. The molecule has 0 bridgehead atoms. The van der Waals surface area contributed by atoms with E-state index in [1.807, 2.05) is 6.92 Å². The Morgan fingerprint density at radius 1 is 1.54 bits per heavy atom. The Morgan fingerprint density at radius 2 is 2.23 bits per heavy atom. The molecule has 2 N–H and O–H groups in total. The molecule has 80 valence electrons. The third-order valence-corrected chi connectivity index (χ3v) is 3.52. The highest BCUT2D eigenvalue weighted by Crippen LogP contribution is 2.00. The first-order valence-electron chi connectivity index (χ1n) is 4.35. The fourth-order valence-electron chi connectivity index (χ4n) is 1.34. The van der Waals surface area contributed by atoms with Crippen molar-refractivity contribution >= 4 is 22.4 Å². The molecule has 1 heterocycles. The van der Waals surface area contributed by atoms with Gasteiger partial charge in [0, 0.05) is 12.6 Å². The second-order valence-electron chi connectivity index (χ2n) is 3.13. The Balaban J connectivity index is 0.00000144. The molecule has 1 atom stereocenters. The van der Waals surface area contributed by atoms with Crippen LogP contribution in [0.3, 0.4) is 0 Å². The summed E-state index contributed by atoms with van der Waals surface area (Å²) in [5.41, 5.74) is 0. The lowest BCUT2D eigenvalue weighted by molar-refractivity contribution is 0.559. The summed E-state index contributed by atoms with van der Waals surface area (Å²) in [6.45, 7) is 3.55. The van der Waals surface area contributed by atoms with Gasteiger partial charge < -0.3 is 5.32 Å². The standard InChI is InChI=1S/C7H16N2O2S.ClH/c1-2-5-12(10,11)9-7-3-4-8-6-7;/h7-9H,2-6H2,1H3;1H. The average molecular weight is 229 g/mol. The first-order chi connectivity index (χ1) is 5.64. The summed E-state index contributed by atoms with van der Waals surface area (Å²) in [5, 5.41) is 3.11. The summed E-state index contributed by atoms with van der Waals surface area (Å²) < 4.78 is 25.2. The van der Waals surface area contributed by atoms with E-state index in [0.717, 1.165) is 19.5 Å². The normalized spacial score (nSPS) is 22.7. The number of halogens is 1. The number of sulfonamides is 1. The zero-order chi connectivity index (χ0) is 9.03. The van der Waals surface area contributed by atoms with Gasteiger partial charge in [-0.15, -0.1) is 12.4 Å². The van der Waals surface area contributed by atoms with Crippen molar-refractivity contribution < 1.29 is 8.42 Å². The third-order valence-electron chi connectivity index (χ3n) is 1.88. The van der Waals surface area contributed by atoms with Gasteiger partial charge in [0.15, 0.2) is 0 Å². The number of hydrogen-bond donors (Lipinski definition) is 2. The van der Waals surface area contributed by atoms with Gasteiger partial charge in [0.1, 0.15) is 0 Å². The van der Waals surface area contributed by atoms with E-state index >= 15 is 0 Å². The van der Waals surface area contributed by atoms with Gasteiger partial charge in [0.25, 0.3) is 0 Å². The molecule has 1 fully saturated rings. The largest absolute Gasteiger partial charge is 0.315 e. The molecule has 0 spiro atoms. The average Bonchev–Trinajstić information content (AvgIpc) is 2.38. The van der Waals surface area contributed by atoms with E-state index in [1.165, 1.54) is 0 Å². The Morgan fingerprint density at radius 3 is 2.69 bits per heavy atom. The van der Waals surface area contributed by atoms with Crippen LogP contribution < -0.4 is 10.0 Å². The molecular formula is C7H17ClN2O2S. The summed E-state index contributed by atoms with van der Waals surface area (Å²) in [6.07, 6.45) is 1.58. The second-order valence-corrected chi connectivity index (χ2v) is 5.00. The van der Waals surface area contributed by atoms with Gasteiger partial charge >= 0.3 is 0 Å². The van der Waals surface area contributed by atoms with Crippen LogP contribution in [0, 0.1) is 0 Å². The van der Waals surface area contributed by atoms with E-state index in [-0.39, 0.29) is 24.2 Å². The molecule has 13 heavy (non-hydrogen) atoms. The van der Waals surface area contributed by atoms with Crippen LogP contribution in [0.4, 0.5) is 0 Å². The molecule has 1 unspecified atom stereocenters. The van der Waals surface area contributed by atoms with Crippen LogP contribution in [0.2, 0.25) is 0 Å². The molecule has 0 amide bonds. The minimum Gasteiger partial charge on any atom is -0.315 e. The molecule has 4 nitrogen and oxygen atoms in total. The maximum atomic E-state index is 11.2. The van der Waals surface area contributed by atoms with Gasteiger partial charge in [0.2, 0.25) is 10.0 Å². The first kappa shape index (κ1) is 13.2. The van der Waals surface area contributed by atoms with Crippen molar-refractivity contribution in [2.45, 2.75) is 25.8 Å². The van der Waals surface area contributed by atoms with Gasteiger partial charge in [-0.1, -0.05) is 6.92 Å². The zero-order valence-electron chi connectivity index (χ0n) is 7.75. The van der Waals surface area contributed by atoms with Crippen LogP contribution in [0.5, 0.6) is 0 Å². The predicted molar refractivity (Wildman–Crippen MR) is 55.7 cm³/mol. The van der Waals surface area contributed by atoms with Crippen LogP contribution in [0.1, 0.15) is 19.8 Å². The van der Waals surface area contributed by atoms with Gasteiger partial charge in [-0.2, -0.15) is 0 Å². The summed E-state index contributed by atoms with van der Waals surface area (Å²) >= 11 is 0. The van der Waals surface area contributed by atoms with Gasteiger partial charge in [-0.05, 0) is 19.4 Å². The molecule has 0 aromatic carbocycles. The van der Waals surface area contributed by atoms with Crippen molar-refractivity contribution in [3.63, 3.8) is 0 Å². The summed E-state index contributed by atoms with van der Waals surface area (Å²) in [6, 6.07) is 0.113. The maximum absolute atomic E-state index is 11.2. The lowest BCUT2D eigenvalue weighted by Gasteiger charge is -2.10. The Kier molecular flexibility index (Phi) is 5.87. The van der Waals surface area contributed by atoms with Gasteiger partial charge in [0.05, 0.1) is 5.75 Å². The number of rotatable bonds is 4. The Bertz CT molecular complexity index is 225. The monoisotopic (exact) mass is 228 g/mol. The summed E-state index contributed by atoms with van der Waals surface area (Å²) in [7, 11) is -3.01. The molecule has 0 saturated carbocycles. The molecule has 0 aromatic heterocycles. The van der Waals surface area contributed by atoms with Gasteiger partial charge in [-0.25, -0.2) is 13.1 Å². The van der Waals surface area contributed by atoms with Crippen molar-refractivity contribution in [1.82, 2.24) is 10.0 Å². The molecule has 1 aliphatic heterocycles. The van der Waals surface area contributed by atoms with Crippen molar-refractivity contribution in [1.29, 1.82) is 0 Å². The van der Waals surface area contributed by atoms with Crippen LogP contribution in [-0.2, 0) is 10.0 Å². The minimum atomic E-state index is -3.01. The first-order valence-corrected chi connectivity index (χ1v) is 6.00. The van der Waals surface area contributed by atoms with E-state index in [4.69, 9.17) is 0 Å². The third kappa shape index (κ3) is 4.81. The van der Waals surface area contributed by atoms with E-state index in [0.29, 0.717) is 6.42 Å². The van der Waals surface area contributed by atoms with Crippen LogP contribution in [0.25, 0.3) is 0 Å². The fraction of sp³-hybridized carbons (Fsp3) is 1.00. The highest BCUT2D eigenvalue weighted by molar-refractivity contribution is 7.89. The Hall–Kier alpha value is 0.160. The molecule has 0 aromatic rings. The van der Waals surface area contributed by atoms with E-state index < -0.39 is 10.0 Å². The summed E-state index contributed by atoms with van der Waals surface area (Å²) in [4.78, 5) is 0. The van der Waals surface area contributed by atoms with E-state index in [1.54, 1.807) is 0 Å². The quantitative estimate of drug-likeness (QED) is 0.718. The van der Waals surface area contributed by atoms with E-state index in [2.05, 4.69) is 10.0 Å². The SMILES string of the molecule is CCCS(=O)(=O)NC1CCNC1.Cl. The fourth-order valence-corrected chi connectivity index (χ4v) is 2.70. The smallest absolute Gasteiger partial charge is 0.211 e. The van der Waals surface area contributed by atoms with Gasteiger partial charge in [-0.3, -0.25) is 0 Å². The highest BCUT2D eigenvalue weighted by atomic mass is 35.5. The molecule has 1 aliphatic rings. The summed E-state index contributed by atoms with van der Waals surface area (Å²) in [5.74, 6) is 0.240. The molecule has 6 heteroatoms. The molecule has 1 rings (SSSR count). The lowest BCUT2D eigenvalue weighted by atomic mass is 10.3.